The molecule has 17 nitrogen and oxygen atoms in total. The SMILES string of the molecule is C[C@H]1[C@H](OC(=O)N(C(=O)CC2O[C@@H]3OC4(C)CC[C@H]5[C@H](C)CC[C@@H]([C@H]2C)[C@@]35OO4)C(=O)CC2O[C@@H]3OC4(C)CC[C@H]5[C@H](C)CC[C@@H]([C@H]2C)[C@@]35OO4)O[C@@H]2OC3(C)CC[C@H]4[C@H](C)CC[C@@H]1[C@@]24OO3. The van der Waals surface area contributed by atoms with Crippen LogP contribution in [0.1, 0.15) is 152 Å². The molecular weight excluding hydrogens is 871 g/mol. The zero-order valence-electron chi connectivity index (χ0n) is 40.8. The van der Waals surface area contributed by atoms with Gasteiger partial charge in [0.25, 0.3) is 0 Å². The van der Waals surface area contributed by atoms with Gasteiger partial charge in [-0.25, -0.2) is 34.1 Å². The van der Waals surface area contributed by atoms with E-state index < -0.39 is 95.4 Å². The first-order chi connectivity index (χ1) is 31.8. The number of carbonyl (C=O) groups excluding carboxylic acids is 3. The Bertz CT molecular complexity index is 1790. The molecule has 374 valence electrons. The number of hydrogen-bond acceptors (Lipinski definition) is 16. The molecule has 6 bridgehead atoms. The second-order valence-corrected chi connectivity index (χ2v) is 24.1. The van der Waals surface area contributed by atoms with Gasteiger partial charge < -0.3 is 33.2 Å². The molecule has 5 unspecified atom stereocenters. The second kappa shape index (κ2) is 15.8. The van der Waals surface area contributed by atoms with E-state index in [2.05, 4.69) is 34.6 Å². The molecule has 3 saturated carbocycles. The molecule has 15 rings (SSSR count). The summed E-state index contributed by atoms with van der Waals surface area (Å²) in [6.07, 6.45) is 3.01. The number of carbonyl (C=O) groups is 3. The number of fused-ring (bicyclic) bond motifs is 6. The monoisotopic (exact) mass is 943 g/mol. The summed E-state index contributed by atoms with van der Waals surface area (Å²) in [5.41, 5.74) is -2.59. The van der Waals surface area contributed by atoms with E-state index in [-0.39, 0.29) is 60.2 Å². The minimum absolute atomic E-state index is 0.0633. The molecule has 0 aromatic carbocycles. The molecule has 12 heterocycles. The van der Waals surface area contributed by atoms with Crippen molar-refractivity contribution >= 4 is 17.9 Å². The summed E-state index contributed by atoms with van der Waals surface area (Å²) in [4.78, 5) is 83.1. The Balaban J connectivity index is 0.842. The van der Waals surface area contributed by atoms with E-state index in [0.29, 0.717) is 41.9 Å². The molecule has 12 aliphatic heterocycles. The van der Waals surface area contributed by atoms with Crippen molar-refractivity contribution in [2.75, 3.05) is 0 Å². The van der Waals surface area contributed by atoms with Crippen LogP contribution in [0.3, 0.4) is 0 Å². The maximum Gasteiger partial charge on any atom is 0.425 e. The predicted octanol–water partition coefficient (Wildman–Crippen LogP) is 7.97. The summed E-state index contributed by atoms with van der Waals surface area (Å²) in [6, 6.07) is 0. The van der Waals surface area contributed by atoms with Crippen LogP contribution >= 0.6 is 0 Å². The Morgan fingerprint density at radius 2 is 0.821 bits per heavy atom. The fourth-order valence-electron chi connectivity index (χ4n) is 16.5. The van der Waals surface area contributed by atoms with Gasteiger partial charge in [-0.2, -0.15) is 4.90 Å². The average molecular weight is 944 g/mol. The minimum Gasteiger partial charge on any atom is -0.418 e. The predicted molar refractivity (Wildman–Crippen MR) is 228 cm³/mol. The lowest BCUT2D eigenvalue weighted by atomic mass is 9.57. The number of amides is 3. The van der Waals surface area contributed by atoms with E-state index in [0.717, 1.165) is 57.8 Å². The molecule has 17 heteroatoms. The Morgan fingerprint density at radius 3 is 1.21 bits per heavy atom. The normalized spacial score (nSPS) is 56.9. The van der Waals surface area contributed by atoms with Crippen molar-refractivity contribution in [3.63, 3.8) is 0 Å². The summed E-state index contributed by atoms with van der Waals surface area (Å²) in [7, 11) is 0. The summed E-state index contributed by atoms with van der Waals surface area (Å²) in [5, 5.41) is 0. The summed E-state index contributed by atoms with van der Waals surface area (Å²) in [5.74, 6) is -4.27. The number of rotatable bonds is 5. The van der Waals surface area contributed by atoms with Crippen LogP contribution in [-0.2, 0) is 72.1 Å². The maximum atomic E-state index is 15.1. The van der Waals surface area contributed by atoms with Crippen molar-refractivity contribution in [2.45, 2.75) is 224 Å². The van der Waals surface area contributed by atoms with Crippen LogP contribution in [0.2, 0.25) is 0 Å². The lowest BCUT2D eigenvalue weighted by molar-refractivity contribution is -0.576. The topological polar surface area (TPSA) is 174 Å². The Kier molecular flexibility index (Phi) is 10.9. The molecule has 3 aliphatic carbocycles. The van der Waals surface area contributed by atoms with Crippen molar-refractivity contribution in [3.8, 4) is 0 Å². The van der Waals surface area contributed by atoms with Crippen LogP contribution in [0, 0.1) is 71.0 Å². The van der Waals surface area contributed by atoms with Gasteiger partial charge in [0.05, 0.1) is 25.0 Å². The second-order valence-electron chi connectivity index (χ2n) is 24.1. The third-order valence-corrected chi connectivity index (χ3v) is 20.3. The van der Waals surface area contributed by atoms with Crippen molar-refractivity contribution in [3.05, 3.63) is 0 Å². The summed E-state index contributed by atoms with van der Waals surface area (Å²) >= 11 is 0. The summed E-state index contributed by atoms with van der Waals surface area (Å²) < 4.78 is 46.3. The largest absolute Gasteiger partial charge is 0.425 e. The molecule has 0 radical (unpaired) electrons. The van der Waals surface area contributed by atoms with Crippen molar-refractivity contribution in [1.82, 2.24) is 4.90 Å². The molecule has 3 amide bonds. The van der Waals surface area contributed by atoms with Gasteiger partial charge >= 0.3 is 6.09 Å². The van der Waals surface area contributed by atoms with E-state index in [1.165, 1.54) is 0 Å². The molecule has 24 atom stereocenters. The quantitative estimate of drug-likeness (QED) is 0.243. The fourth-order valence-corrected chi connectivity index (χ4v) is 16.5. The summed E-state index contributed by atoms with van der Waals surface area (Å²) in [6.45, 7) is 18.4. The lowest BCUT2D eigenvalue weighted by Crippen LogP contribution is -2.71. The van der Waals surface area contributed by atoms with Crippen LogP contribution in [0.4, 0.5) is 4.79 Å². The first kappa shape index (κ1) is 46.2. The van der Waals surface area contributed by atoms with Crippen LogP contribution in [0.15, 0.2) is 0 Å². The number of imide groups is 3. The van der Waals surface area contributed by atoms with Crippen molar-refractivity contribution in [2.24, 2.45) is 71.0 Å². The smallest absolute Gasteiger partial charge is 0.418 e. The molecule has 15 fully saturated rings. The highest BCUT2D eigenvalue weighted by atomic mass is 17.3. The highest BCUT2D eigenvalue weighted by molar-refractivity contribution is 6.09. The zero-order valence-corrected chi connectivity index (χ0v) is 40.8. The molecule has 0 N–H and O–H groups in total. The van der Waals surface area contributed by atoms with Gasteiger partial charge in [-0.3, -0.25) is 9.59 Å². The minimum atomic E-state index is -1.16. The highest BCUT2D eigenvalue weighted by Gasteiger charge is 2.73. The van der Waals surface area contributed by atoms with Gasteiger partial charge in [0.2, 0.25) is 35.5 Å². The van der Waals surface area contributed by atoms with Gasteiger partial charge in [0, 0.05) is 42.9 Å². The Labute approximate surface area is 393 Å². The Morgan fingerprint density at radius 1 is 0.463 bits per heavy atom. The number of nitrogens with zero attached hydrogens (tertiary/aromatic N) is 1. The lowest BCUT2D eigenvalue weighted by Gasteiger charge is -2.60. The van der Waals surface area contributed by atoms with E-state index in [9.17, 15) is 4.79 Å². The van der Waals surface area contributed by atoms with Gasteiger partial charge in [-0.05, 0) is 126 Å². The first-order valence-electron chi connectivity index (χ1n) is 26.0. The third kappa shape index (κ3) is 6.64. The van der Waals surface area contributed by atoms with E-state index in [1.54, 1.807) is 0 Å². The van der Waals surface area contributed by atoms with Gasteiger partial charge in [-0.1, -0.05) is 41.5 Å². The van der Waals surface area contributed by atoms with Gasteiger partial charge in [0.1, 0.15) is 0 Å². The van der Waals surface area contributed by atoms with E-state index in [4.69, 9.17) is 62.5 Å². The molecule has 0 aromatic heterocycles. The highest BCUT2D eigenvalue weighted by Crippen LogP contribution is 2.64. The first-order valence-corrected chi connectivity index (χ1v) is 26.0. The van der Waals surface area contributed by atoms with Crippen LogP contribution in [0.25, 0.3) is 0 Å². The molecule has 15 aliphatic rings. The van der Waals surface area contributed by atoms with E-state index >= 15 is 9.59 Å². The van der Waals surface area contributed by atoms with Crippen LogP contribution in [0.5, 0.6) is 0 Å². The van der Waals surface area contributed by atoms with Crippen LogP contribution < -0.4 is 0 Å². The fraction of sp³-hybridized carbons (Fsp3) is 0.940. The zero-order chi connectivity index (χ0) is 46.8. The van der Waals surface area contributed by atoms with Gasteiger partial charge in [-0.15, -0.1) is 0 Å². The van der Waals surface area contributed by atoms with Crippen LogP contribution in [-0.4, -0.2) is 94.3 Å². The molecule has 3 spiro atoms. The maximum absolute atomic E-state index is 15.1. The van der Waals surface area contributed by atoms with E-state index in [1.807, 2.05) is 27.7 Å². The van der Waals surface area contributed by atoms with Crippen molar-refractivity contribution < 1.29 is 76.9 Å². The van der Waals surface area contributed by atoms with Gasteiger partial charge in [0.15, 0.2) is 35.7 Å². The average Bonchev–Trinajstić information content (AvgIpc) is 3.76. The third-order valence-electron chi connectivity index (χ3n) is 20.3. The molecule has 67 heavy (non-hydrogen) atoms. The number of ether oxygens (including phenoxy) is 7. The molecular formula is C50H73NO16. The Hall–Kier alpha value is -1.87. The van der Waals surface area contributed by atoms with Crippen molar-refractivity contribution in [1.29, 1.82) is 0 Å². The number of hydrogen-bond donors (Lipinski definition) is 0. The molecule has 12 saturated heterocycles. The standard InChI is InChI=1S/C50H73NO16/c1-24-10-13-33-27(4)36(55-41-48(33)30(24)16-19-45(7,59-41)62-65-48)22-38(52)51(39(53)23-37-28(5)34-14-11-25(2)31-17-20-46(8)60-42(56-37)49(31,34)66-63-46)44(54)58-40-29(6)35-15-12-26(3)32-18-21-47(9)61-43(57-40)50(32,35)67-64-47/h24-37,40-43H,10-23H2,1-9H3/t24-,25-,26-,27-,28-,29-,30+,31+,32+,33+,34+,35+,36?,37?,40+,41-,42-,43-,45?,46?,47?,48-,49-,50-/m1/s1. The molecule has 0 aromatic rings.